The van der Waals surface area contributed by atoms with E-state index in [0.29, 0.717) is 37.3 Å². The number of methoxy groups -OCH3 is 1. The third-order valence-electron chi connectivity index (χ3n) is 5.83. The molecule has 0 saturated carbocycles. The second-order valence-corrected chi connectivity index (χ2v) is 9.91. The van der Waals surface area contributed by atoms with Crippen molar-refractivity contribution in [2.24, 2.45) is 0 Å². The van der Waals surface area contributed by atoms with E-state index >= 15 is 0 Å². The van der Waals surface area contributed by atoms with E-state index < -0.39 is 11.6 Å². The standard InChI is InChI=1S/C28H33N5O4/c1-28(2,3)37-27(35)32(4)15-9-14-30-33-23-17-20(26(34)36-5)12-13-21(23)22-18-29-24(31-25(22)33)16-19-10-7-6-8-11-19/h6-8,10-13,17-18,30H,9,14-16H2,1-5H3. The molecule has 9 heteroatoms. The maximum Gasteiger partial charge on any atom is 0.410 e. The molecule has 2 aromatic carbocycles. The second kappa shape index (κ2) is 10.9. The molecule has 0 fully saturated rings. The van der Waals surface area contributed by atoms with Crippen LogP contribution in [0.5, 0.6) is 0 Å². The largest absolute Gasteiger partial charge is 0.465 e. The van der Waals surface area contributed by atoms with Crippen molar-refractivity contribution >= 4 is 34.0 Å². The number of nitrogens with zero attached hydrogens (tertiary/aromatic N) is 4. The molecule has 0 aliphatic rings. The Morgan fingerprint density at radius 3 is 2.54 bits per heavy atom. The summed E-state index contributed by atoms with van der Waals surface area (Å²) in [4.78, 5) is 35.5. The van der Waals surface area contributed by atoms with Crippen molar-refractivity contribution in [3.8, 4) is 0 Å². The molecule has 0 radical (unpaired) electrons. The summed E-state index contributed by atoms with van der Waals surface area (Å²) in [5.41, 5.74) is 5.97. The Bertz CT molecular complexity index is 1410. The van der Waals surface area contributed by atoms with Crippen LogP contribution in [-0.2, 0) is 15.9 Å². The van der Waals surface area contributed by atoms with E-state index in [0.717, 1.165) is 27.5 Å². The molecule has 1 N–H and O–H groups in total. The Hall–Kier alpha value is -4.14. The molecule has 9 nitrogen and oxygen atoms in total. The van der Waals surface area contributed by atoms with Gasteiger partial charge in [-0.25, -0.2) is 24.2 Å². The fourth-order valence-corrected chi connectivity index (χ4v) is 4.03. The number of fused-ring (bicyclic) bond motifs is 3. The number of amides is 1. The first kappa shape index (κ1) is 25.9. The normalized spacial score (nSPS) is 11.5. The zero-order chi connectivity index (χ0) is 26.6. The first-order valence-corrected chi connectivity index (χ1v) is 12.3. The number of hydrogen-bond acceptors (Lipinski definition) is 7. The van der Waals surface area contributed by atoms with Crippen molar-refractivity contribution in [3.05, 3.63) is 71.7 Å². The quantitative estimate of drug-likeness (QED) is 0.273. The van der Waals surface area contributed by atoms with Gasteiger partial charge in [0.1, 0.15) is 11.4 Å². The van der Waals surface area contributed by atoms with Gasteiger partial charge in [-0.3, -0.25) is 0 Å². The second-order valence-electron chi connectivity index (χ2n) is 9.91. The van der Waals surface area contributed by atoms with Crippen LogP contribution < -0.4 is 5.43 Å². The molecule has 0 aliphatic heterocycles. The number of benzene rings is 2. The lowest BCUT2D eigenvalue weighted by Gasteiger charge is -2.24. The molecule has 2 aromatic heterocycles. The van der Waals surface area contributed by atoms with Crippen LogP contribution in [-0.4, -0.2) is 64.5 Å². The van der Waals surface area contributed by atoms with E-state index in [-0.39, 0.29) is 6.09 Å². The van der Waals surface area contributed by atoms with E-state index in [1.165, 1.54) is 7.11 Å². The fraction of sp³-hybridized carbons (Fsp3) is 0.357. The lowest BCUT2D eigenvalue weighted by molar-refractivity contribution is 0.0298. The van der Waals surface area contributed by atoms with Crippen molar-refractivity contribution < 1.29 is 19.1 Å². The first-order chi connectivity index (χ1) is 17.7. The van der Waals surface area contributed by atoms with Crippen molar-refractivity contribution in [2.45, 2.75) is 39.2 Å². The predicted octanol–water partition coefficient (Wildman–Crippen LogP) is 4.76. The number of aromatic nitrogens is 3. The van der Waals surface area contributed by atoms with Crippen LogP contribution in [0.2, 0.25) is 0 Å². The minimum atomic E-state index is -0.541. The molecule has 194 valence electrons. The number of carbonyl (C=O) groups is 2. The average Bonchev–Trinajstić information content (AvgIpc) is 3.17. The summed E-state index contributed by atoms with van der Waals surface area (Å²) in [5.74, 6) is 0.288. The summed E-state index contributed by atoms with van der Waals surface area (Å²) in [7, 11) is 3.09. The van der Waals surface area contributed by atoms with Crippen molar-refractivity contribution in [3.63, 3.8) is 0 Å². The van der Waals surface area contributed by atoms with Crippen LogP contribution in [0, 0.1) is 0 Å². The third kappa shape index (κ3) is 6.17. The molecule has 0 bridgehead atoms. The predicted molar refractivity (Wildman–Crippen MR) is 143 cm³/mol. The van der Waals surface area contributed by atoms with E-state index in [1.54, 1.807) is 24.1 Å². The maximum absolute atomic E-state index is 12.3. The number of ether oxygens (including phenoxy) is 2. The lowest BCUT2D eigenvalue weighted by atomic mass is 10.1. The first-order valence-electron chi connectivity index (χ1n) is 12.3. The maximum atomic E-state index is 12.3. The van der Waals surface area contributed by atoms with Crippen molar-refractivity contribution in [2.75, 3.05) is 32.7 Å². The molecule has 1 amide bonds. The number of hydrogen-bond donors (Lipinski definition) is 1. The highest BCUT2D eigenvalue weighted by Gasteiger charge is 2.20. The van der Waals surface area contributed by atoms with Crippen LogP contribution in [0.1, 0.15) is 48.9 Å². The van der Waals surface area contributed by atoms with Gasteiger partial charge in [0.05, 0.1) is 18.2 Å². The molecular formula is C28H33N5O4. The third-order valence-corrected chi connectivity index (χ3v) is 5.83. The van der Waals surface area contributed by atoms with E-state index in [2.05, 4.69) is 10.4 Å². The topological polar surface area (TPSA) is 98.6 Å². The van der Waals surface area contributed by atoms with Gasteiger partial charge in [-0.2, -0.15) is 0 Å². The van der Waals surface area contributed by atoms with Crippen LogP contribution in [0.4, 0.5) is 4.79 Å². The van der Waals surface area contributed by atoms with Gasteiger partial charge >= 0.3 is 12.1 Å². The van der Waals surface area contributed by atoms with E-state index in [4.69, 9.17) is 14.5 Å². The SMILES string of the molecule is COC(=O)c1ccc2c3cnc(Cc4ccccc4)nc3n(NCCCN(C)C(=O)OC(C)(C)C)c2c1. The Kier molecular flexibility index (Phi) is 7.61. The smallest absolute Gasteiger partial charge is 0.410 e. The fourth-order valence-electron chi connectivity index (χ4n) is 4.03. The minimum absolute atomic E-state index is 0.356. The Morgan fingerprint density at radius 2 is 1.84 bits per heavy atom. The molecule has 0 aliphatic carbocycles. The molecule has 0 spiro atoms. The van der Waals surface area contributed by atoms with E-state index in [1.807, 2.05) is 68.0 Å². The van der Waals surface area contributed by atoms with Gasteiger partial charge in [-0.15, -0.1) is 0 Å². The van der Waals surface area contributed by atoms with Gasteiger partial charge in [0.25, 0.3) is 0 Å². The van der Waals surface area contributed by atoms with Gasteiger partial charge in [0.2, 0.25) is 0 Å². The lowest BCUT2D eigenvalue weighted by Crippen LogP contribution is -2.35. The molecular weight excluding hydrogens is 470 g/mol. The van der Waals surface area contributed by atoms with E-state index in [9.17, 15) is 9.59 Å². The van der Waals surface area contributed by atoms with Crippen LogP contribution in [0.3, 0.4) is 0 Å². The Balaban J connectivity index is 1.61. The van der Waals surface area contributed by atoms with Crippen LogP contribution >= 0.6 is 0 Å². The summed E-state index contributed by atoms with van der Waals surface area (Å²) in [6.45, 7) is 6.62. The van der Waals surface area contributed by atoms with Crippen LogP contribution in [0.25, 0.3) is 21.9 Å². The molecule has 0 atom stereocenters. The summed E-state index contributed by atoms with van der Waals surface area (Å²) in [6.07, 6.45) is 2.75. The summed E-state index contributed by atoms with van der Waals surface area (Å²) in [5, 5.41) is 1.80. The Labute approximate surface area is 216 Å². The molecule has 0 unspecified atom stereocenters. The number of esters is 1. The van der Waals surface area contributed by atoms with Gasteiger partial charge in [-0.05, 0) is 44.9 Å². The summed E-state index contributed by atoms with van der Waals surface area (Å²) in [6, 6.07) is 15.5. The Morgan fingerprint density at radius 1 is 1.08 bits per heavy atom. The number of rotatable bonds is 8. The monoisotopic (exact) mass is 503 g/mol. The highest BCUT2D eigenvalue weighted by Crippen LogP contribution is 2.28. The highest BCUT2D eigenvalue weighted by atomic mass is 16.6. The zero-order valence-electron chi connectivity index (χ0n) is 21.9. The summed E-state index contributed by atoms with van der Waals surface area (Å²) < 4.78 is 12.2. The molecule has 4 aromatic rings. The van der Waals surface area contributed by atoms with Crippen molar-refractivity contribution in [1.29, 1.82) is 0 Å². The minimum Gasteiger partial charge on any atom is -0.465 e. The number of nitrogens with one attached hydrogen (secondary N) is 1. The zero-order valence-corrected chi connectivity index (χ0v) is 21.9. The highest BCUT2D eigenvalue weighted by molar-refractivity contribution is 6.08. The van der Waals surface area contributed by atoms with Gasteiger partial charge in [-0.1, -0.05) is 36.4 Å². The molecule has 37 heavy (non-hydrogen) atoms. The number of carbonyl (C=O) groups excluding carboxylic acids is 2. The molecule has 2 heterocycles. The molecule has 4 rings (SSSR count). The van der Waals surface area contributed by atoms with Gasteiger partial charge < -0.3 is 19.8 Å². The van der Waals surface area contributed by atoms with Gasteiger partial charge in [0.15, 0.2) is 5.65 Å². The van der Waals surface area contributed by atoms with Gasteiger partial charge in [0, 0.05) is 43.5 Å². The molecule has 0 saturated heterocycles. The summed E-state index contributed by atoms with van der Waals surface area (Å²) >= 11 is 0. The van der Waals surface area contributed by atoms with Crippen molar-refractivity contribution in [1.82, 2.24) is 19.5 Å². The van der Waals surface area contributed by atoms with Crippen LogP contribution in [0.15, 0.2) is 54.7 Å². The average molecular weight is 504 g/mol.